The number of piperazine rings is 1. The van der Waals surface area contributed by atoms with Crippen LogP contribution in [0.1, 0.15) is 50.8 Å². The van der Waals surface area contributed by atoms with Crippen LogP contribution in [0.4, 0.5) is 5.82 Å². The molecule has 1 aliphatic heterocycles. The molecule has 1 aromatic heterocycles. The lowest BCUT2D eigenvalue weighted by Gasteiger charge is -2.36. The number of allylic oxidation sites excluding steroid dienone is 4. The second-order valence-electron chi connectivity index (χ2n) is 9.03. The summed E-state index contributed by atoms with van der Waals surface area (Å²) in [7, 11) is 0. The van der Waals surface area contributed by atoms with Gasteiger partial charge in [0.2, 0.25) is 5.91 Å². The fraction of sp³-hybridized carbons (Fsp3) is 0.444. The zero-order chi connectivity index (χ0) is 23.4. The maximum absolute atomic E-state index is 12.6. The normalized spacial score (nSPS) is 17.8. The SMILES string of the molecule is CCC(C)C(=O)N1CCN(c2cnc(-c3ccc(C)cc3)c(C3=C(Cl)CCCC=C3)n2)CC1. The summed E-state index contributed by atoms with van der Waals surface area (Å²) in [6, 6.07) is 8.38. The fourth-order valence-corrected chi connectivity index (χ4v) is 4.58. The molecular formula is C27H33ClN4O. The molecule has 1 aromatic carbocycles. The van der Waals surface area contributed by atoms with Crippen molar-refractivity contribution in [1.29, 1.82) is 0 Å². The van der Waals surface area contributed by atoms with Gasteiger partial charge in [-0.25, -0.2) is 4.98 Å². The number of rotatable bonds is 5. The lowest BCUT2D eigenvalue weighted by molar-refractivity contribution is -0.135. The molecule has 5 nitrogen and oxygen atoms in total. The molecule has 0 N–H and O–H groups in total. The van der Waals surface area contributed by atoms with Gasteiger partial charge >= 0.3 is 0 Å². The highest BCUT2D eigenvalue weighted by molar-refractivity contribution is 6.33. The van der Waals surface area contributed by atoms with Gasteiger partial charge < -0.3 is 9.80 Å². The lowest BCUT2D eigenvalue weighted by Crippen LogP contribution is -2.50. The minimum absolute atomic E-state index is 0.0767. The smallest absolute Gasteiger partial charge is 0.225 e. The Labute approximate surface area is 202 Å². The number of nitrogens with zero attached hydrogens (tertiary/aromatic N) is 4. The number of carbonyl (C=O) groups is 1. The first-order chi connectivity index (χ1) is 16.0. The van der Waals surface area contributed by atoms with Gasteiger partial charge in [0.05, 0.1) is 11.9 Å². The van der Waals surface area contributed by atoms with E-state index >= 15 is 0 Å². The number of hydrogen-bond donors (Lipinski definition) is 0. The van der Waals surface area contributed by atoms with Crippen molar-refractivity contribution in [1.82, 2.24) is 14.9 Å². The van der Waals surface area contributed by atoms with Crippen LogP contribution in [0.5, 0.6) is 0 Å². The van der Waals surface area contributed by atoms with Crippen molar-refractivity contribution >= 4 is 28.9 Å². The summed E-state index contributed by atoms with van der Waals surface area (Å²) in [5, 5.41) is 0.840. The van der Waals surface area contributed by atoms with E-state index in [9.17, 15) is 4.79 Å². The Morgan fingerprint density at radius 1 is 1.12 bits per heavy atom. The number of anilines is 1. The van der Waals surface area contributed by atoms with E-state index in [-0.39, 0.29) is 11.8 Å². The molecule has 0 spiro atoms. The van der Waals surface area contributed by atoms with Gasteiger partial charge in [-0.1, -0.05) is 67.4 Å². The van der Waals surface area contributed by atoms with E-state index in [1.54, 1.807) is 0 Å². The monoisotopic (exact) mass is 464 g/mol. The number of aromatic nitrogens is 2. The van der Waals surface area contributed by atoms with E-state index in [1.165, 1.54) is 5.56 Å². The zero-order valence-electron chi connectivity index (χ0n) is 19.9. The van der Waals surface area contributed by atoms with Gasteiger partial charge in [-0.3, -0.25) is 9.78 Å². The first-order valence-electron chi connectivity index (χ1n) is 12.0. The van der Waals surface area contributed by atoms with Gasteiger partial charge in [-0.05, 0) is 32.6 Å². The summed E-state index contributed by atoms with van der Waals surface area (Å²) in [6.07, 6.45) is 9.91. The second-order valence-corrected chi connectivity index (χ2v) is 9.48. The number of hydrogen-bond acceptors (Lipinski definition) is 4. The average Bonchev–Trinajstić information content (AvgIpc) is 3.07. The molecular weight excluding hydrogens is 432 g/mol. The largest absolute Gasteiger partial charge is 0.352 e. The summed E-state index contributed by atoms with van der Waals surface area (Å²) < 4.78 is 0. The van der Waals surface area contributed by atoms with Crippen LogP contribution >= 0.6 is 11.6 Å². The molecule has 4 rings (SSSR count). The molecule has 2 heterocycles. The molecule has 1 fully saturated rings. The Morgan fingerprint density at radius 3 is 2.55 bits per heavy atom. The molecule has 174 valence electrons. The molecule has 1 atom stereocenters. The molecule has 2 aliphatic rings. The first kappa shape index (κ1) is 23.5. The molecule has 0 radical (unpaired) electrons. The van der Waals surface area contributed by atoms with Gasteiger partial charge in [0.25, 0.3) is 0 Å². The van der Waals surface area contributed by atoms with Crippen molar-refractivity contribution in [2.75, 3.05) is 31.1 Å². The topological polar surface area (TPSA) is 49.3 Å². The van der Waals surface area contributed by atoms with Crippen LogP contribution in [-0.4, -0.2) is 47.0 Å². The summed E-state index contributed by atoms with van der Waals surface area (Å²) in [5.74, 6) is 1.16. The van der Waals surface area contributed by atoms with E-state index in [2.05, 4.69) is 55.2 Å². The first-order valence-corrected chi connectivity index (χ1v) is 12.4. The van der Waals surface area contributed by atoms with Crippen molar-refractivity contribution in [3.8, 4) is 11.3 Å². The van der Waals surface area contributed by atoms with Crippen LogP contribution in [0.3, 0.4) is 0 Å². The fourth-order valence-electron chi connectivity index (χ4n) is 4.29. The molecule has 1 unspecified atom stereocenters. The minimum atomic E-state index is 0.0767. The Kier molecular flexibility index (Phi) is 7.49. The van der Waals surface area contributed by atoms with Crippen LogP contribution in [-0.2, 0) is 4.79 Å². The van der Waals surface area contributed by atoms with Crippen molar-refractivity contribution in [2.45, 2.75) is 46.5 Å². The standard InChI is InChI=1S/C27H33ClN4O/c1-4-20(3)27(33)32-16-14-31(15-17-32)24-18-29-25(21-12-10-19(2)11-13-21)26(30-24)22-8-6-5-7-9-23(22)28/h6,8,10-13,18,20H,4-5,7,9,14-17H2,1-3H3. The van der Waals surface area contributed by atoms with Crippen molar-refractivity contribution < 1.29 is 4.79 Å². The number of carbonyl (C=O) groups excluding carboxylic acids is 1. The molecule has 0 saturated carbocycles. The van der Waals surface area contributed by atoms with Gasteiger partial charge in [-0.2, -0.15) is 0 Å². The molecule has 0 bridgehead atoms. The average molecular weight is 465 g/mol. The number of halogens is 1. The van der Waals surface area contributed by atoms with Crippen LogP contribution in [0.15, 0.2) is 47.6 Å². The second kappa shape index (κ2) is 10.5. The summed E-state index contributed by atoms with van der Waals surface area (Å²) >= 11 is 6.74. The third-order valence-electron chi connectivity index (χ3n) is 6.63. The van der Waals surface area contributed by atoms with Gasteiger partial charge in [-0.15, -0.1) is 0 Å². The highest BCUT2D eigenvalue weighted by atomic mass is 35.5. The Hall–Kier alpha value is -2.66. The lowest BCUT2D eigenvalue weighted by atomic mass is 10.0. The predicted octanol–water partition coefficient (Wildman–Crippen LogP) is 5.84. The van der Waals surface area contributed by atoms with E-state index in [4.69, 9.17) is 21.6 Å². The third-order valence-corrected chi connectivity index (χ3v) is 7.03. The van der Waals surface area contributed by atoms with Crippen molar-refractivity contribution in [2.24, 2.45) is 5.92 Å². The molecule has 1 aliphatic carbocycles. The zero-order valence-corrected chi connectivity index (χ0v) is 20.6. The van der Waals surface area contributed by atoms with Crippen LogP contribution in [0, 0.1) is 12.8 Å². The molecule has 33 heavy (non-hydrogen) atoms. The van der Waals surface area contributed by atoms with E-state index in [0.717, 1.165) is 72.1 Å². The molecule has 1 saturated heterocycles. The number of amides is 1. The Balaban J connectivity index is 1.66. The summed E-state index contributed by atoms with van der Waals surface area (Å²) in [5.41, 5.74) is 4.89. The maximum atomic E-state index is 12.6. The molecule has 2 aromatic rings. The van der Waals surface area contributed by atoms with Gasteiger partial charge in [0, 0.05) is 48.3 Å². The summed E-state index contributed by atoms with van der Waals surface area (Å²) in [4.78, 5) is 26.8. The van der Waals surface area contributed by atoms with Crippen molar-refractivity contribution in [3.63, 3.8) is 0 Å². The minimum Gasteiger partial charge on any atom is -0.352 e. The van der Waals surface area contributed by atoms with E-state index < -0.39 is 0 Å². The number of benzene rings is 1. The molecule has 1 amide bonds. The molecule has 6 heteroatoms. The third kappa shape index (κ3) is 5.30. The quantitative estimate of drug-likeness (QED) is 0.558. The summed E-state index contributed by atoms with van der Waals surface area (Å²) in [6.45, 7) is 9.08. The van der Waals surface area contributed by atoms with E-state index in [1.807, 2.05) is 18.0 Å². The van der Waals surface area contributed by atoms with Crippen LogP contribution in [0.25, 0.3) is 16.8 Å². The Morgan fingerprint density at radius 2 is 1.85 bits per heavy atom. The van der Waals surface area contributed by atoms with Gasteiger partial charge in [0.15, 0.2) is 0 Å². The van der Waals surface area contributed by atoms with Crippen LogP contribution in [0.2, 0.25) is 0 Å². The number of aryl methyl sites for hydroxylation is 1. The highest BCUT2D eigenvalue weighted by Gasteiger charge is 2.26. The predicted molar refractivity (Wildman–Crippen MR) is 136 cm³/mol. The van der Waals surface area contributed by atoms with Crippen molar-refractivity contribution in [3.05, 3.63) is 58.9 Å². The van der Waals surface area contributed by atoms with Gasteiger partial charge in [0.1, 0.15) is 11.5 Å². The highest BCUT2D eigenvalue weighted by Crippen LogP contribution is 2.34. The van der Waals surface area contributed by atoms with E-state index in [0.29, 0.717) is 13.1 Å². The Bertz CT molecular complexity index is 1050. The van der Waals surface area contributed by atoms with Crippen LogP contribution < -0.4 is 4.90 Å². The maximum Gasteiger partial charge on any atom is 0.225 e.